The number of carbonyl (C=O) groups is 2. The summed E-state index contributed by atoms with van der Waals surface area (Å²) in [5.74, 6) is 6.13. The second-order valence-corrected chi connectivity index (χ2v) is 9.71. The fraction of sp³-hybridized carbons (Fsp3) is 0.625. The summed E-state index contributed by atoms with van der Waals surface area (Å²) in [7, 11) is 1.42. The van der Waals surface area contributed by atoms with Crippen LogP contribution in [-0.2, 0) is 19.1 Å². The molecule has 1 amide bonds. The Labute approximate surface area is 207 Å². The number of anilines is 1. The van der Waals surface area contributed by atoms with Crippen molar-refractivity contribution < 1.29 is 29.3 Å². The minimum atomic E-state index is -1.40. The Kier molecular flexibility index (Phi) is 6.79. The van der Waals surface area contributed by atoms with Crippen molar-refractivity contribution in [3.63, 3.8) is 0 Å². The molecule has 2 aromatic heterocycles. The van der Waals surface area contributed by atoms with E-state index in [1.54, 1.807) is 0 Å². The molecule has 2 aromatic rings. The molecule has 12 heteroatoms. The molecule has 0 bridgehead atoms. The number of aromatic nitrogens is 4. The number of fused-ring (bicyclic) bond motifs is 1. The first kappa shape index (κ1) is 24.4. The third-order valence-electron chi connectivity index (χ3n) is 7.12. The van der Waals surface area contributed by atoms with Gasteiger partial charge in [0, 0.05) is 12.5 Å². The van der Waals surface area contributed by atoms with E-state index in [-0.39, 0.29) is 35.2 Å². The number of nitrogens with two attached hydrogens (primary N) is 1. The summed E-state index contributed by atoms with van der Waals surface area (Å²) in [4.78, 5) is 37.0. The highest BCUT2D eigenvalue weighted by Gasteiger charge is 2.48. The van der Waals surface area contributed by atoms with Crippen molar-refractivity contribution in [3.05, 3.63) is 12.2 Å². The molecule has 3 aliphatic rings. The number of rotatable bonds is 5. The number of aliphatic hydroxyl groups excluding tert-OH is 2. The zero-order valence-corrected chi connectivity index (χ0v) is 20.0. The maximum absolute atomic E-state index is 12.4. The van der Waals surface area contributed by atoms with E-state index in [2.05, 4.69) is 32.1 Å². The third kappa shape index (κ3) is 4.86. The van der Waals surface area contributed by atoms with E-state index < -0.39 is 30.4 Å². The van der Waals surface area contributed by atoms with Crippen molar-refractivity contribution >= 4 is 28.9 Å². The van der Waals surface area contributed by atoms with Gasteiger partial charge in [0.25, 0.3) is 5.91 Å². The summed E-state index contributed by atoms with van der Waals surface area (Å²) in [5, 5.41) is 23.8. The number of esters is 1. The summed E-state index contributed by atoms with van der Waals surface area (Å²) < 4.78 is 12.0. The number of nitrogens with zero attached hydrogens (tertiary/aromatic N) is 4. The summed E-state index contributed by atoms with van der Waals surface area (Å²) in [5.41, 5.74) is 6.67. The van der Waals surface area contributed by atoms with Crippen molar-refractivity contribution in [2.45, 2.75) is 75.5 Å². The van der Waals surface area contributed by atoms with Gasteiger partial charge in [0.2, 0.25) is 5.82 Å². The van der Waals surface area contributed by atoms with E-state index in [9.17, 15) is 19.8 Å². The largest absolute Gasteiger partial charge is 0.469 e. The molecule has 1 unspecified atom stereocenters. The smallest absolute Gasteiger partial charge is 0.308 e. The van der Waals surface area contributed by atoms with Crippen molar-refractivity contribution in [2.75, 3.05) is 12.8 Å². The third-order valence-corrected chi connectivity index (χ3v) is 7.12. The minimum absolute atomic E-state index is 0.0314. The van der Waals surface area contributed by atoms with Gasteiger partial charge >= 0.3 is 5.97 Å². The predicted molar refractivity (Wildman–Crippen MR) is 126 cm³/mol. The molecule has 36 heavy (non-hydrogen) atoms. The van der Waals surface area contributed by atoms with Crippen LogP contribution in [0.3, 0.4) is 0 Å². The molecule has 0 spiro atoms. The molecule has 5 N–H and O–H groups in total. The lowest BCUT2D eigenvalue weighted by molar-refractivity contribution is -0.146. The van der Waals surface area contributed by atoms with Gasteiger partial charge in [-0.1, -0.05) is 5.92 Å². The fourth-order valence-electron chi connectivity index (χ4n) is 4.84. The number of methoxy groups -OCH3 is 1. The van der Waals surface area contributed by atoms with Gasteiger partial charge in [-0.25, -0.2) is 15.0 Å². The maximum atomic E-state index is 12.4. The van der Waals surface area contributed by atoms with Crippen LogP contribution in [0.25, 0.3) is 11.2 Å². The lowest BCUT2D eigenvalue weighted by Crippen LogP contribution is -2.43. The van der Waals surface area contributed by atoms with Crippen molar-refractivity contribution in [1.29, 1.82) is 0 Å². The van der Waals surface area contributed by atoms with Gasteiger partial charge in [-0.3, -0.25) is 14.2 Å². The van der Waals surface area contributed by atoms with Crippen LogP contribution in [0.4, 0.5) is 5.82 Å². The molecular formula is C24H30N6O6. The SMILES string of the molecule is COC(=O)C1CCC(CC#Cc2nc(N)c3ncn([C@@H]4O[C@H](C(=O)NC5CC5)C(O)[C@@H]4O)c3n2)CC1. The molecule has 2 aliphatic carbocycles. The minimum Gasteiger partial charge on any atom is -0.469 e. The highest BCUT2D eigenvalue weighted by molar-refractivity contribution is 5.83. The molecule has 192 valence electrons. The van der Waals surface area contributed by atoms with Crippen LogP contribution in [0.1, 0.15) is 57.0 Å². The van der Waals surface area contributed by atoms with Gasteiger partial charge in [0.1, 0.15) is 17.7 Å². The fourth-order valence-corrected chi connectivity index (χ4v) is 4.84. The molecule has 1 saturated heterocycles. The number of imidazole rings is 1. The van der Waals surface area contributed by atoms with Crippen LogP contribution in [0, 0.1) is 23.7 Å². The van der Waals surface area contributed by atoms with Gasteiger partial charge in [-0.2, -0.15) is 0 Å². The Bertz CT molecular complexity index is 1210. The summed E-state index contributed by atoms with van der Waals surface area (Å²) in [6.07, 6.45) is 2.12. The number of amides is 1. The molecular weight excluding hydrogens is 468 g/mol. The number of carbonyl (C=O) groups excluding carboxylic acids is 2. The average Bonchev–Trinajstić information content (AvgIpc) is 3.51. The normalized spacial score (nSPS) is 30.0. The molecule has 4 atom stereocenters. The molecule has 0 radical (unpaired) electrons. The molecule has 3 heterocycles. The van der Waals surface area contributed by atoms with Crippen LogP contribution in [0.15, 0.2) is 6.33 Å². The van der Waals surface area contributed by atoms with Crippen LogP contribution < -0.4 is 11.1 Å². The quantitative estimate of drug-likeness (QED) is 0.325. The Morgan fingerprint density at radius 1 is 1.19 bits per heavy atom. The first-order chi connectivity index (χ1) is 17.4. The Morgan fingerprint density at radius 3 is 2.64 bits per heavy atom. The van der Waals surface area contributed by atoms with Crippen LogP contribution >= 0.6 is 0 Å². The Morgan fingerprint density at radius 2 is 1.94 bits per heavy atom. The van der Waals surface area contributed by atoms with Gasteiger partial charge in [0.15, 0.2) is 23.8 Å². The van der Waals surface area contributed by atoms with E-state index in [1.165, 1.54) is 18.0 Å². The molecule has 2 saturated carbocycles. The molecule has 1 aliphatic heterocycles. The lowest BCUT2D eigenvalue weighted by Gasteiger charge is -2.25. The van der Waals surface area contributed by atoms with E-state index in [4.69, 9.17) is 15.2 Å². The highest BCUT2D eigenvalue weighted by atomic mass is 16.6. The zero-order valence-electron chi connectivity index (χ0n) is 20.0. The van der Waals surface area contributed by atoms with Gasteiger partial charge in [-0.05, 0) is 50.4 Å². The topological polar surface area (TPSA) is 175 Å². The second-order valence-electron chi connectivity index (χ2n) is 9.71. The van der Waals surface area contributed by atoms with Crippen molar-refractivity contribution in [1.82, 2.24) is 24.8 Å². The molecule has 3 fully saturated rings. The van der Waals surface area contributed by atoms with E-state index >= 15 is 0 Å². The van der Waals surface area contributed by atoms with Crippen molar-refractivity contribution in [2.24, 2.45) is 11.8 Å². The summed E-state index contributed by atoms with van der Waals surface area (Å²) in [6.45, 7) is 0. The number of hydrogen-bond donors (Lipinski definition) is 4. The number of nitrogens with one attached hydrogen (secondary N) is 1. The Balaban J connectivity index is 1.29. The van der Waals surface area contributed by atoms with E-state index in [0.717, 1.165) is 38.5 Å². The molecule has 0 aromatic carbocycles. The van der Waals surface area contributed by atoms with Crippen LogP contribution in [-0.4, -0.2) is 73.1 Å². The van der Waals surface area contributed by atoms with E-state index in [0.29, 0.717) is 17.9 Å². The van der Waals surface area contributed by atoms with Gasteiger partial charge < -0.3 is 30.7 Å². The highest BCUT2D eigenvalue weighted by Crippen LogP contribution is 2.33. The first-order valence-electron chi connectivity index (χ1n) is 12.2. The number of nitrogen functional groups attached to an aromatic ring is 1. The van der Waals surface area contributed by atoms with Crippen molar-refractivity contribution in [3.8, 4) is 11.8 Å². The molecule has 12 nitrogen and oxygen atoms in total. The summed E-state index contributed by atoms with van der Waals surface area (Å²) in [6, 6.07) is 0.0927. The average molecular weight is 499 g/mol. The number of aliphatic hydroxyl groups is 2. The predicted octanol–water partition coefficient (Wildman–Crippen LogP) is 0.0273. The second kappa shape index (κ2) is 10.0. The maximum Gasteiger partial charge on any atom is 0.308 e. The number of ether oxygens (including phenoxy) is 2. The van der Waals surface area contributed by atoms with Crippen LogP contribution in [0.5, 0.6) is 0 Å². The molecule has 5 rings (SSSR count). The van der Waals surface area contributed by atoms with Gasteiger partial charge in [0.05, 0.1) is 19.4 Å². The standard InChI is InChI=1S/C24H30N6O6/c1-35-24(34)13-7-5-12(6-8-13)3-2-4-15-28-20(25)16-21(29-15)30(11-26-16)23-18(32)17(31)19(36-23)22(33)27-14-9-10-14/h11-14,17-19,23,31-32H,3,5-10H2,1H3,(H,27,33)(H2,25,28,29)/t12?,13?,17?,18-,19-,23+/m0/s1. The summed E-state index contributed by atoms with van der Waals surface area (Å²) >= 11 is 0. The number of hydrogen-bond acceptors (Lipinski definition) is 10. The zero-order chi connectivity index (χ0) is 25.4. The monoisotopic (exact) mass is 498 g/mol. The van der Waals surface area contributed by atoms with E-state index in [1.807, 2.05) is 0 Å². The lowest BCUT2D eigenvalue weighted by atomic mass is 9.81. The Hall–Kier alpha value is -3.27. The van der Waals surface area contributed by atoms with Crippen LogP contribution in [0.2, 0.25) is 0 Å². The first-order valence-corrected chi connectivity index (χ1v) is 12.2. The van der Waals surface area contributed by atoms with Gasteiger partial charge in [-0.15, -0.1) is 0 Å².